The summed E-state index contributed by atoms with van der Waals surface area (Å²) in [5.41, 5.74) is 1.65. The van der Waals surface area contributed by atoms with Gasteiger partial charge in [-0.1, -0.05) is 6.07 Å². The van der Waals surface area contributed by atoms with Crippen LogP contribution in [0.4, 0.5) is 11.5 Å². The average Bonchev–Trinajstić information content (AvgIpc) is 3.32. The van der Waals surface area contributed by atoms with Crippen molar-refractivity contribution < 1.29 is 18.7 Å². The minimum absolute atomic E-state index is 0.255. The minimum Gasteiger partial charge on any atom is -0.459 e. The monoisotopic (exact) mass is 337 g/mol. The predicted molar refractivity (Wildman–Crippen MR) is 90.8 cm³/mol. The first kappa shape index (κ1) is 15.1. The van der Waals surface area contributed by atoms with E-state index in [-0.39, 0.29) is 18.5 Å². The molecule has 7 nitrogen and oxygen atoms in total. The molecular formula is C18H15N3O4. The number of rotatable bonds is 5. The summed E-state index contributed by atoms with van der Waals surface area (Å²) in [6, 6.07) is 12.6. The van der Waals surface area contributed by atoms with E-state index in [4.69, 9.17) is 13.9 Å². The molecule has 0 saturated heterocycles. The molecule has 2 aromatic heterocycles. The molecular weight excluding hydrogens is 322 g/mol. The zero-order chi connectivity index (χ0) is 17.1. The van der Waals surface area contributed by atoms with Gasteiger partial charge in [-0.05, 0) is 42.0 Å². The Morgan fingerprint density at radius 1 is 1.12 bits per heavy atom. The van der Waals surface area contributed by atoms with Crippen molar-refractivity contribution in [3.05, 3.63) is 66.2 Å². The van der Waals surface area contributed by atoms with Gasteiger partial charge in [0.05, 0.1) is 18.1 Å². The topological polar surface area (TPSA) is 85.6 Å². The number of hydrogen-bond acceptors (Lipinski definition) is 6. The highest BCUT2D eigenvalue weighted by atomic mass is 16.7. The van der Waals surface area contributed by atoms with Gasteiger partial charge in [0.2, 0.25) is 6.79 Å². The lowest BCUT2D eigenvalue weighted by Gasteiger charge is -2.08. The highest BCUT2D eigenvalue weighted by Gasteiger charge is 2.13. The minimum atomic E-state index is -0.312. The maximum Gasteiger partial charge on any atom is 0.291 e. The Morgan fingerprint density at radius 2 is 2.04 bits per heavy atom. The molecule has 126 valence electrons. The fourth-order valence-corrected chi connectivity index (χ4v) is 2.42. The van der Waals surface area contributed by atoms with Gasteiger partial charge in [-0.25, -0.2) is 4.98 Å². The number of carbonyl (C=O) groups excluding carboxylic acids is 1. The number of nitrogens with zero attached hydrogens (tertiary/aromatic N) is 1. The van der Waals surface area contributed by atoms with Crippen molar-refractivity contribution in [1.82, 2.24) is 4.98 Å². The van der Waals surface area contributed by atoms with Crippen molar-refractivity contribution in [1.29, 1.82) is 0 Å². The summed E-state index contributed by atoms with van der Waals surface area (Å²) in [6.07, 6.45) is 3.04. The summed E-state index contributed by atoms with van der Waals surface area (Å²) in [7, 11) is 0. The number of carbonyl (C=O) groups is 1. The summed E-state index contributed by atoms with van der Waals surface area (Å²) >= 11 is 0. The largest absolute Gasteiger partial charge is 0.459 e. The number of fused-ring (bicyclic) bond motifs is 1. The molecule has 1 aliphatic heterocycles. The molecule has 1 amide bonds. The summed E-state index contributed by atoms with van der Waals surface area (Å²) in [6.45, 7) is 0.862. The van der Waals surface area contributed by atoms with Gasteiger partial charge in [0.1, 0.15) is 5.82 Å². The third-order valence-electron chi connectivity index (χ3n) is 3.68. The summed E-state index contributed by atoms with van der Waals surface area (Å²) < 4.78 is 15.7. The first-order valence-corrected chi connectivity index (χ1v) is 7.71. The number of anilines is 2. The van der Waals surface area contributed by atoms with Gasteiger partial charge in [0.15, 0.2) is 17.3 Å². The molecule has 7 heteroatoms. The molecule has 0 spiro atoms. The van der Waals surface area contributed by atoms with Crippen molar-refractivity contribution in [2.24, 2.45) is 0 Å². The Hall–Kier alpha value is -3.48. The molecule has 0 radical (unpaired) electrons. The van der Waals surface area contributed by atoms with Crippen LogP contribution in [0.15, 0.2) is 59.3 Å². The fraction of sp³-hybridized carbons (Fsp3) is 0.111. The third kappa shape index (κ3) is 3.40. The molecule has 3 aromatic rings. The molecule has 0 fully saturated rings. The number of pyridine rings is 1. The molecule has 3 heterocycles. The number of nitrogens with one attached hydrogen (secondary N) is 2. The van der Waals surface area contributed by atoms with Crippen LogP contribution < -0.4 is 20.1 Å². The lowest BCUT2D eigenvalue weighted by atomic mass is 10.2. The van der Waals surface area contributed by atoms with Crippen LogP contribution in [0.5, 0.6) is 11.5 Å². The molecule has 25 heavy (non-hydrogen) atoms. The van der Waals surface area contributed by atoms with Crippen molar-refractivity contribution >= 4 is 17.4 Å². The highest BCUT2D eigenvalue weighted by molar-refractivity contribution is 6.02. The van der Waals surface area contributed by atoms with E-state index in [0.717, 1.165) is 17.1 Å². The molecule has 0 bridgehead atoms. The van der Waals surface area contributed by atoms with E-state index in [1.807, 2.05) is 18.2 Å². The lowest BCUT2D eigenvalue weighted by Crippen LogP contribution is -2.11. The van der Waals surface area contributed by atoms with Crippen molar-refractivity contribution in [2.75, 3.05) is 17.4 Å². The molecule has 0 atom stereocenters. The SMILES string of the molecule is O=C(Nc1ccc(NCc2ccc3c(c2)OCO3)nc1)c1ccco1. The predicted octanol–water partition coefficient (Wildman–Crippen LogP) is 3.27. The van der Waals surface area contributed by atoms with E-state index in [1.165, 1.54) is 6.26 Å². The maximum atomic E-state index is 11.9. The first-order chi connectivity index (χ1) is 12.3. The van der Waals surface area contributed by atoms with E-state index in [2.05, 4.69) is 15.6 Å². The standard InChI is InChI=1S/C18H15N3O4/c22-18(15-2-1-7-23-15)21-13-4-6-17(20-10-13)19-9-12-3-5-14-16(8-12)25-11-24-14/h1-8,10H,9,11H2,(H,19,20)(H,21,22). The van der Waals surface area contributed by atoms with Gasteiger partial charge >= 0.3 is 0 Å². The van der Waals surface area contributed by atoms with Crippen molar-refractivity contribution in [2.45, 2.75) is 6.54 Å². The zero-order valence-corrected chi connectivity index (χ0v) is 13.2. The Balaban J connectivity index is 1.35. The molecule has 0 unspecified atom stereocenters. The average molecular weight is 337 g/mol. The van der Waals surface area contributed by atoms with Crippen molar-refractivity contribution in [3.8, 4) is 11.5 Å². The smallest absolute Gasteiger partial charge is 0.291 e. The van der Waals surface area contributed by atoms with Crippen LogP contribution in [0.2, 0.25) is 0 Å². The molecule has 0 saturated carbocycles. The second-order valence-corrected chi connectivity index (χ2v) is 5.40. The molecule has 0 aliphatic carbocycles. The number of amides is 1. The Kier molecular flexibility index (Phi) is 3.96. The number of ether oxygens (including phenoxy) is 2. The van der Waals surface area contributed by atoms with Crippen LogP contribution in [0.1, 0.15) is 16.1 Å². The van der Waals surface area contributed by atoms with Crippen LogP contribution in [-0.2, 0) is 6.54 Å². The van der Waals surface area contributed by atoms with Crippen LogP contribution in [-0.4, -0.2) is 17.7 Å². The highest BCUT2D eigenvalue weighted by Crippen LogP contribution is 2.32. The molecule has 4 rings (SSSR count). The summed E-state index contributed by atoms with van der Waals surface area (Å²) in [4.78, 5) is 16.2. The number of hydrogen-bond donors (Lipinski definition) is 2. The van der Waals surface area contributed by atoms with Gasteiger partial charge in [0.25, 0.3) is 5.91 Å². The quantitative estimate of drug-likeness (QED) is 0.743. The fourth-order valence-electron chi connectivity index (χ4n) is 2.42. The van der Waals surface area contributed by atoms with Gasteiger partial charge in [-0.2, -0.15) is 0 Å². The lowest BCUT2D eigenvalue weighted by molar-refractivity contribution is 0.0996. The number of aromatic nitrogens is 1. The molecule has 2 N–H and O–H groups in total. The second kappa shape index (κ2) is 6.56. The van der Waals surface area contributed by atoms with E-state index >= 15 is 0 Å². The van der Waals surface area contributed by atoms with E-state index < -0.39 is 0 Å². The first-order valence-electron chi connectivity index (χ1n) is 7.71. The van der Waals surface area contributed by atoms with Crippen molar-refractivity contribution in [3.63, 3.8) is 0 Å². The van der Waals surface area contributed by atoms with Gasteiger partial charge in [0, 0.05) is 6.54 Å². The Bertz CT molecular complexity index is 876. The van der Waals surface area contributed by atoms with Gasteiger partial charge in [-0.15, -0.1) is 0 Å². The van der Waals surface area contributed by atoms with E-state index in [1.54, 1.807) is 30.5 Å². The van der Waals surface area contributed by atoms with Crippen LogP contribution in [0.25, 0.3) is 0 Å². The summed E-state index contributed by atoms with van der Waals surface area (Å²) in [5.74, 6) is 2.16. The summed E-state index contributed by atoms with van der Waals surface area (Å²) in [5, 5.41) is 5.94. The van der Waals surface area contributed by atoms with Crippen LogP contribution >= 0.6 is 0 Å². The van der Waals surface area contributed by atoms with Crippen LogP contribution in [0, 0.1) is 0 Å². The van der Waals surface area contributed by atoms with E-state index in [9.17, 15) is 4.79 Å². The van der Waals surface area contributed by atoms with Crippen LogP contribution in [0.3, 0.4) is 0 Å². The van der Waals surface area contributed by atoms with Gasteiger partial charge in [-0.3, -0.25) is 4.79 Å². The molecule has 1 aliphatic rings. The van der Waals surface area contributed by atoms with E-state index in [0.29, 0.717) is 18.1 Å². The number of benzene rings is 1. The Morgan fingerprint density at radius 3 is 2.84 bits per heavy atom. The number of furan rings is 1. The maximum absolute atomic E-state index is 11.9. The molecule has 1 aromatic carbocycles. The third-order valence-corrected chi connectivity index (χ3v) is 3.68. The second-order valence-electron chi connectivity index (χ2n) is 5.40. The Labute approximate surface area is 143 Å². The normalized spacial score (nSPS) is 12.0. The zero-order valence-electron chi connectivity index (χ0n) is 13.2. The van der Waals surface area contributed by atoms with Gasteiger partial charge < -0.3 is 24.5 Å².